The summed E-state index contributed by atoms with van der Waals surface area (Å²) < 4.78 is 14.3. The molecule has 0 fully saturated rings. The predicted octanol–water partition coefficient (Wildman–Crippen LogP) is -0.0293. The van der Waals surface area contributed by atoms with Gasteiger partial charge in [-0.05, 0) is 6.92 Å². The first-order chi connectivity index (χ1) is 3.50. The van der Waals surface area contributed by atoms with Crippen molar-refractivity contribution in [2.75, 3.05) is 7.11 Å². The molecule has 0 aromatic heterocycles. The summed E-state index contributed by atoms with van der Waals surface area (Å²) in [5.74, 6) is -1.55. The smallest absolute Gasteiger partial charge is 0.356 e. The monoisotopic (exact) mass is 139 g/mol. The molecule has 0 bridgehead atoms. The summed E-state index contributed by atoms with van der Waals surface area (Å²) in [6.07, 6.45) is 0. The third-order valence-electron chi connectivity index (χ3n) is 0.638. The van der Waals surface area contributed by atoms with Gasteiger partial charge in [-0.3, -0.25) is 4.57 Å². The zero-order valence-electron chi connectivity index (χ0n) is 4.44. The molecule has 0 aliphatic heterocycles. The molecule has 8 heavy (non-hydrogen) atoms. The second kappa shape index (κ2) is 2.60. The highest BCUT2D eigenvalue weighted by molar-refractivity contribution is 7.53. The largest absolute Gasteiger partial charge is 0.380 e. The second-order valence-corrected chi connectivity index (χ2v) is 3.32. The van der Waals surface area contributed by atoms with Gasteiger partial charge in [-0.25, -0.2) is 0 Å². The van der Waals surface area contributed by atoms with Crippen molar-refractivity contribution < 1.29 is 19.1 Å². The first-order valence-electron chi connectivity index (χ1n) is 1.90. The zero-order chi connectivity index (χ0) is 6.78. The highest BCUT2D eigenvalue weighted by Crippen LogP contribution is 2.44. The average molecular weight is 139 g/mol. The fourth-order valence-electron chi connectivity index (χ4n) is 0.122. The Morgan fingerprint density at radius 3 is 2.25 bits per heavy atom. The van der Waals surface area contributed by atoms with Crippen molar-refractivity contribution in [3.05, 3.63) is 6.92 Å². The van der Waals surface area contributed by atoms with E-state index in [4.69, 9.17) is 10.00 Å². The minimum absolute atomic E-state index is 1.04. The topological polar surface area (TPSA) is 66.8 Å². The summed E-state index contributed by atoms with van der Waals surface area (Å²) in [4.78, 5) is 8.42. The quantitative estimate of drug-likeness (QED) is 0.527. The van der Waals surface area contributed by atoms with Gasteiger partial charge in [0.1, 0.15) is 0 Å². The zero-order valence-corrected chi connectivity index (χ0v) is 5.34. The normalized spacial score (nSPS) is 22.0. The first kappa shape index (κ1) is 8.11. The van der Waals surface area contributed by atoms with Crippen LogP contribution in [0.15, 0.2) is 0 Å². The van der Waals surface area contributed by atoms with Crippen LogP contribution in [0.4, 0.5) is 0 Å². The van der Waals surface area contributed by atoms with E-state index in [-0.39, 0.29) is 0 Å². The van der Waals surface area contributed by atoms with Crippen LogP contribution < -0.4 is 0 Å². The predicted molar refractivity (Wildman–Crippen MR) is 28.2 cm³/mol. The maximum Gasteiger partial charge on any atom is 0.356 e. The van der Waals surface area contributed by atoms with Crippen LogP contribution in [0.3, 0.4) is 0 Å². The molecule has 0 aromatic rings. The number of hydrogen-bond acceptors (Lipinski definition) is 3. The van der Waals surface area contributed by atoms with E-state index in [1.165, 1.54) is 0 Å². The molecule has 49 valence electrons. The molecule has 2 atom stereocenters. The lowest BCUT2D eigenvalue weighted by Gasteiger charge is -2.09. The molecule has 4 nitrogen and oxygen atoms in total. The van der Waals surface area contributed by atoms with Gasteiger partial charge in [0, 0.05) is 7.11 Å². The molecule has 0 aromatic carbocycles. The van der Waals surface area contributed by atoms with Gasteiger partial charge in [-0.15, -0.1) is 0 Å². The lowest BCUT2D eigenvalue weighted by Crippen LogP contribution is -2.02. The van der Waals surface area contributed by atoms with Gasteiger partial charge in [-0.2, -0.15) is 0 Å². The van der Waals surface area contributed by atoms with Crippen molar-refractivity contribution >= 4 is 7.60 Å². The molecule has 0 saturated heterocycles. The van der Waals surface area contributed by atoms with E-state index < -0.39 is 13.4 Å². The Morgan fingerprint density at radius 2 is 2.25 bits per heavy atom. The lowest BCUT2D eigenvalue weighted by molar-refractivity contribution is 0.218. The van der Waals surface area contributed by atoms with Crippen LogP contribution in [-0.4, -0.2) is 23.0 Å². The molecule has 0 spiro atoms. The van der Waals surface area contributed by atoms with Crippen LogP contribution in [0.5, 0.6) is 0 Å². The highest BCUT2D eigenvalue weighted by Gasteiger charge is 2.23. The van der Waals surface area contributed by atoms with E-state index in [1.54, 1.807) is 0 Å². The van der Waals surface area contributed by atoms with Crippen molar-refractivity contribution in [1.82, 2.24) is 0 Å². The van der Waals surface area contributed by atoms with E-state index in [9.17, 15) is 4.57 Å². The first-order valence-corrected chi connectivity index (χ1v) is 3.54. The van der Waals surface area contributed by atoms with Crippen molar-refractivity contribution in [3.8, 4) is 0 Å². The van der Waals surface area contributed by atoms with Gasteiger partial charge in [-0.1, -0.05) is 0 Å². The summed E-state index contributed by atoms with van der Waals surface area (Å²) in [5.41, 5.74) is 0. The Kier molecular flexibility index (Phi) is 2.63. The van der Waals surface area contributed by atoms with E-state index in [2.05, 4.69) is 11.4 Å². The standard InChI is InChI=1S/C3H8O4P/c1-3(4)8(5,6)7-2/h3-4H,1H2,2H3,(H,5,6). The van der Waals surface area contributed by atoms with Gasteiger partial charge in [0.15, 0.2) is 5.85 Å². The third-order valence-corrected chi connectivity index (χ3v) is 1.91. The Balaban J connectivity index is 3.93. The summed E-state index contributed by atoms with van der Waals surface area (Å²) in [7, 11) is -2.76. The number of rotatable bonds is 2. The molecule has 5 heteroatoms. The van der Waals surface area contributed by atoms with Crippen molar-refractivity contribution in [2.24, 2.45) is 0 Å². The molecule has 0 rings (SSSR count). The van der Waals surface area contributed by atoms with Crippen LogP contribution in [0.25, 0.3) is 0 Å². The molecule has 0 aliphatic rings. The van der Waals surface area contributed by atoms with Gasteiger partial charge in [0.05, 0.1) is 0 Å². The molecular formula is C3H8O4P. The lowest BCUT2D eigenvalue weighted by atomic mass is 10.9. The Labute approximate surface area is 47.6 Å². The fraction of sp³-hybridized carbons (Fsp3) is 0.667. The van der Waals surface area contributed by atoms with E-state index in [0.717, 1.165) is 7.11 Å². The van der Waals surface area contributed by atoms with Gasteiger partial charge in [0.2, 0.25) is 0 Å². The molecule has 2 unspecified atom stereocenters. The van der Waals surface area contributed by atoms with Crippen LogP contribution in [-0.2, 0) is 9.09 Å². The van der Waals surface area contributed by atoms with Crippen LogP contribution in [0, 0.1) is 6.92 Å². The van der Waals surface area contributed by atoms with Crippen LogP contribution >= 0.6 is 7.60 Å². The second-order valence-electron chi connectivity index (χ2n) is 1.23. The molecule has 2 N–H and O–H groups in total. The Bertz CT molecular complexity index is 110. The average Bonchev–Trinajstić information content (AvgIpc) is 1.67. The summed E-state index contributed by atoms with van der Waals surface area (Å²) in [5, 5.41) is 8.33. The van der Waals surface area contributed by atoms with Gasteiger partial charge >= 0.3 is 7.60 Å². The molecule has 1 radical (unpaired) electrons. The van der Waals surface area contributed by atoms with E-state index in [1.807, 2.05) is 0 Å². The molecular weight excluding hydrogens is 131 g/mol. The minimum Gasteiger partial charge on any atom is -0.380 e. The maximum absolute atomic E-state index is 10.3. The molecule has 0 heterocycles. The molecule has 0 saturated carbocycles. The SMILES string of the molecule is [CH2]C(O)P(=O)(O)OC. The Hall–Kier alpha value is 0.110. The van der Waals surface area contributed by atoms with Crippen LogP contribution in [0.1, 0.15) is 0 Å². The van der Waals surface area contributed by atoms with E-state index >= 15 is 0 Å². The van der Waals surface area contributed by atoms with Gasteiger partial charge < -0.3 is 14.5 Å². The molecule has 0 amide bonds. The minimum atomic E-state index is -3.80. The van der Waals surface area contributed by atoms with Gasteiger partial charge in [0.25, 0.3) is 0 Å². The fourth-order valence-corrected chi connectivity index (χ4v) is 0.365. The maximum atomic E-state index is 10.3. The van der Waals surface area contributed by atoms with Crippen molar-refractivity contribution in [1.29, 1.82) is 0 Å². The van der Waals surface area contributed by atoms with Crippen molar-refractivity contribution in [3.63, 3.8) is 0 Å². The molecule has 0 aliphatic carbocycles. The summed E-state index contributed by atoms with van der Waals surface area (Å²) in [6.45, 7) is 2.90. The van der Waals surface area contributed by atoms with E-state index in [0.29, 0.717) is 0 Å². The van der Waals surface area contributed by atoms with Crippen molar-refractivity contribution in [2.45, 2.75) is 5.85 Å². The summed E-state index contributed by atoms with van der Waals surface area (Å²) in [6, 6.07) is 0. The highest BCUT2D eigenvalue weighted by atomic mass is 31.2. The number of aliphatic hydroxyl groups excluding tert-OH is 1. The van der Waals surface area contributed by atoms with Crippen LogP contribution in [0.2, 0.25) is 0 Å². The number of aliphatic hydroxyl groups is 1. The Morgan fingerprint density at radius 1 is 1.88 bits per heavy atom. The summed E-state index contributed by atoms with van der Waals surface area (Å²) >= 11 is 0. The third kappa shape index (κ3) is 1.92. The number of hydrogen-bond donors (Lipinski definition) is 2.